The molecule has 0 spiro atoms. The molecule has 1 aliphatic rings. The van der Waals surface area contributed by atoms with Crippen LogP contribution in [0.4, 0.5) is 0 Å². The van der Waals surface area contributed by atoms with Gasteiger partial charge in [0, 0.05) is 26.6 Å². The molecule has 1 amide bonds. The molecule has 0 aromatic heterocycles. The van der Waals surface area contributed by atoms with Gasteiger partial charge in [-0.3, -0.25) is 9.69 Å². The molecule has 1 aromatic carbocycles. The Bertz CT molecular complexity index is 511. The molecule has 6 nitrogen and oxygen atoms in total. The number of nitrogens with one attached hydrogen (secondary N) is 1. The van der Waals surface area contributed by atoms with Crippen LogP contribution in [-0.2, 0) is 16.0 Å². The first-order chi connectivity index (χ1) is 11.6. The Balaban J connectivity index is 2.04. The Morgan fingerprint density at radius 1 is 1.29 bits per heavy atom. The summed E-state index contributed by atoms with van der Waals surface area (Å²) >= 11 is 0. The second-order valence-electron chi connectivity index (χ2n) is 6.21. The Morgan fingerprint density at radius 2 is 2.00 bits per heavy atom. The van der Waals surface area contributed by atoms with Crippen molar-refractivity contribution in [1.82, 2.24) is 10.2 Å². The minimum Gasteiger partial charge on any atom is -0.395 e. The van der Waals surface area contributed by atoms with Gasteiger partial charge in [0.05, 0.1) is 18.8 Å². The average Bonchev–Trinajstić information content (AvgIpc) is 2.86. The fraction of sp³-hybridized carbons (Fsp3) is 0.611. The summed E-state index contributed by atoms with van der Waals surface area (Å²) in [6.07, 6.45) is 0.764. The van der Waals surface area contributed by atoms with Crippen LogP contribution in [0.5, 0.6) is 0 Å². The van der Waals surface area contributed by atoms with Crippen LogP contribution in [0.25, 0.3) is 0 Å². The largest absolute Gasteiger partial charge is 0.395 e. The normalized spacial score (nSPS) is 27.3. The van der Waals surface area contributed by atoms with Crippen LogP contribution in [0, 0.1) is 0 Å². The zero-order chi connectivity index (χ0) is 17.5. The van der Waals surface area contributed by atoms with Crippen molar-refractivity contribution in [3.05, 3.63) is 35.9 Å². The van der Waals surface area contributed by atoms with Gasteiger partial charge >= 0.3 is 0 Å². The van der Waals surface area contributed by atoms with E-state index < -0.39 is 18.2 Å². The number of aryl methyl sites for hydroxylation is 1. The average molecular weight is 336 g/mol. The highest BCUT2D eigenvalue weighted by Gasteiger charge is 2.48. The molecule has 6 heteroatoms. The highest BCUT2D eigenvalue weighted by atomic mass is 16.5. The monoisotopic (exact) mass is 336 g/mol. The zero-order valence-electron chi connectivity index (χ0n) is 14.4. The maximum Gasteiger partial charge on any atom is 0.221 e. The van der Waals surface area contributed by atoms with Crippen molar-refractivity contribution in [3.63, 3.8) is 0 Å². The second-order valence-corrected chi connectivity index (χ2v) is 6.21. The standard InChI is InChI=1S/C18H28N2O4/c1-19-16(22)11-14-18(24-2)17(23)15(12-21)20(14)10-6-9-13-7-4-3-5-8-13/h3-5,7-8,14-15,17-18,21,23H,6,9-12H2,1-2H3,(H,19,22)/t14-,15-,17-,18+/m1/s1. The lowest BCUT2D eigenvalue weighted by atomic mass is 10.0. The molecule has 0 aliphatic carbocycles. The molecule has 0 bridgehead atoms. The number of methoxy groups -OCH3 is 1. The van der Waals surface area contributed by atoms with E-state index in [4.69, 9.17) is 4.74 Å². The highest BCUT2D eigenvalue weighted by molar-refractivity contribution is 5.76. The Hall–Kier alpha value is -1.47. The molecule has 1 aromatic rings. The van der Waals surface area contributed by atoms with E-state index in [0.29, 0.717) is 6.54 Å². The van der Waals surface area contributed by atoms with Gasteiger partial charge in [-0.2, -0.15) is 0 Å². The molecule has 1 fully saturated rings. The molecule has 1 aliphatic heterocycles. The fourth-order valence-corrected chi connectivity index (χ4v) is 3.55. The van der Waals surface area contributed by atoms with Crippen LogP contribution in [-0.4, -0.2) is 72.6 Å². The van der Waals surface area contributed by atoms with Crippen molar-refractivity contribution >= 4 is 5.91 Å². The number of aliphatic hydroxyl groups is 2. The molecule has 1 heterocycles. The van der Waals surface area contributed by atoms with Crippen LogP contribution >= 0.6 is 0 Å². The summed E-state index contributed by atoms with van der Waals surface area (Å²) in [7, 11) is 3.13. The highest BCUT2D eigenvalue weighted by Crippen LogP contribution is 2.29. The van der Waals surface area contributed by atoms with E-state index in [1.165, 1.54) is 12.7 Å². The number of aliphatic hydroxyl groups excluding tert-OH is 2. The van der Waals surface area contributed by atoms with Gasteiger partial charge in [0.1, 0.15) is 6.10 Å². The number of carbonyl (C=O) groups excluding carboxylic acids is 1. The zero-order valence-corrected chi connectivity index (χ0v) is 14.4. The summed E-state index contributed by atoms with van der Waals surface area (Å²) in [6.45, 7) is 0.537. The molecule has 2 rings (SSSR count). The first-order valence-electron chi connectivity index (χ1n) is 8.44. The predicted molar refractivity (Wildman–Crippen MR) is 91.6 cm³/mol. The Morgan fingerprint density at radius 3 is 2.58 bits per heavy atom. The fourth-order valence-electron chi connectivity index (χ4n) is 3.55. The predicted octanol–water partition coefficient (Wildman–Crippen LogP) is 0.176. The van der Waals surface area contributed by atoms with Crippen LogP contribution in [0.15, 0.2) is 30.3 Å². The number of carbonyl (C=O) groups is 1. The van der Waals surface area contributed by atoms with E-state index >= 15 is 0 Å². The van der Waals surface area contributed by atoms with Gasteiger partial charge in [-0.15, -0.1) is 0 Å². The molecule has 0 radical (unpaired) electrons. The molecular weight excluding hydrogens is 308 g/mol. The molecule has 0 saturated carbocycles. The van der Waals surface area contributed by atoms with Crippen molar-refractivity contribution in [3.8, 4) is 0 Å². The lowest BCUT2D eigenvalue weighted by molar-refractivity contribution is -0.122. The lowest BCUT2D eigenvalue weighted by Crippen LogP contribution is -2.44. The number of likely N-dealkylation sites (tertiary alicyclic amines) is 1. The number of ether oxygens (including phenoxy) is 1. The van der Waals surface area contributed by atoms with E-state index in [1.807, 2.05) is 23.1 Å². The van der Waals surface area contributed by atoms with E-state index in [-0.39, 0.29) is 25.0 Å². The molecule has 0 unspecified atom stereocenters. The molecule has 3 N–H and O–H groups in total. The first kappa shape index (κ1) is 18.9. The maximum atomic E-state index is 11.8. The quantitative estimate of drug-likeness (QED) is 0.631. The molecule has 24 heavy (non-hydrogen) atoms. The number of benzene rings is 1. The van der Waals surface area contributed by atoms with Gasteiger partial charge in [0.25, 0.3) is 0 Å². The van der Waals surface area contributed by atoms with Crippen molar-refractivity contribution in [2.24, 2.45) is 0 Å². The summed E-state index contributed by atoms with van der Waals surface area (Å²) in [6, 6.07) is 9.55. The van der Waals surface area contributed by atoms with Gasteiger partial charge < -0.3 is 20.3 Å². The summed E-state index contributed by atoms with van der Waals surface area (Å²) in [5, 5.41) is 22.7. The third-order valence-electron chi connectivity index (χ3n) is 4.82. The van der Waals surface area contributed by atoms with E-state index in [9.17, 15) is 15.0 Å². The molecule has 1 saturated heterocycles. The van der Waals surface area contributed by atoms with Gasteiger partial charge in [0.2, 0.25) is 5.91 Å². The second kappa shape index (κ2) is 9.13. The van der Waals surface area contributed by atoms with Crippen molar-refractivity contribution < 1.29 is 19.7 Å². The third-order valence-corrected chi connectivity index (χ3v) is 4.82. The summed E-state index contributed by atoms with van der Waals surface area (Å²) in [4.78, 5) is 13.9. The number of amides is 1. The van der Waals surface area contributed by atoms with Crippen LogP contribution in [0.3, 0.4) is 0 Å². The van der Waals surface area contributed by atoms with Crippen LogP contribution in [0.1, 0.15) is 18.4 Å². The topological polar surface area (TPSA) is 82.0 Å². The van der Waals surface area contributed by atoms with Crippen LogP contribution in [0.2, 0.25) is 0 Å². The van der Waals surface area contributed by atoms with Crippen molar-refractivity contribution in [1.29, 1.82) is 0 Å². The van der Waals surface area contributed by atoms with E-state index in [1.54, 1.807) is 7.05 Å². The Kier molecular flexibility index (Phi) is 7.17. The Labute approximate surface area is 143 Å². The molecule has 134 valence electrons. The summed E-state index contributed by atoms with van der Waals surface area (Å²) in [5.41, 5.74) is 1.25. The summed E-state index contributed by atoms with van der Waals surface area (Å²) < 4.78 is 5.43. The van der Waals surface area contributed by atoms with Crippen LogP contribution < -0.4 is 5.32 Å². The van der Waals surface area contributed by atoms with Gasteiger partial charge in [-0.05, 0) is 24.9 Å². The molecule has 4 atom stereocenters. The van der Waals surface area contributed by atoms with Gasteiger partial charge in [0.15, 0.2) is 0 Å². The number of hydrogen-bond donors (Lipinski definition) is 3. The van der Waals surface area contributed by atoms with Gasteiger partial charge in [-0.1, -0.05) is 30.3 Å². The smallest absolute Gasteiger partial charge is 0.221 e. The lowest BCUT2D eigenvalue weighted by Gasteiger charge is -2.29. The van der Waals surface area contributed by atoms with Crippen molar-refractivity contribution in [2.75, 3.05) is 27.3 Å². The number of hydrogen-bond acceptors (Lipinski definition) is 5. The van der Waals surface area contributed by atoms with E-state index in [2.05, 4.69) is 17.4 Å². The summed E-state index contributed by atoms with van der Waals surface area (Å²) in [5.74, 6) is -0.0964. The first-order valence-corrected chi connectivity index (χ1v) is 8.44. The minimum atomic E-state index is -0.800. The number of rotatable bonds is 8. The third kappa shape index (κ3) is 4.33. The van der Waals surface area contributed by atoms with E-state index in [0.717, 1.165) is 12.8 Å². The minimum absolute atomic E-state index is 0.0964. The maximum absolute atomic E-state index is 11.8. The van der Waals surface area contributed by atoms with Gasteiger partial charge in [-0.25, -0.2) is 0 Å². The molecular formula is C18H28N2O4. The SMILES string of the molecule is CNC(=O)C[C@@H]1[C@H](OC)[C@H](O)[C@@H](CO)N1CCCc1ccccc1. The number of nitrogens with zero attached hydrogens (tertiary/aromatic N) is 1. The van der Waals surface area contributed by atoms with Crippen molar-refractivity contribution in [2.45, 2.75) is 43.6 Å².